The molecule has 1 aliphatic rings. The number of ketones is 1. The second-order valence-electron chi connectivity index (χ2n) is 12.3. The van der Waals surface area contributed by atoms with E-state index in [1.165, 1.54) is 18.2 Å². The molecule has 0 bridgehead atoms. The molecule has 47 heavy (non-hydrogen) atoms. The lowest BCUT2D eigenvalue weighted by Gasteiger charge is -2.35. The molecule has 5 rings (SSSR count). The first-order valence-electron chi connectivity index (χ1n) is 15.1. The van der Waals surface area contributed by atoms with Gasteiger partial charge in [-0.05, 0) is 86.0 Å². The fourth-order valence-corrected chi connectivity index (χ4v) is 7.07. The Morgan fingerprint density at radius 2 is 1.47 bits per heavy atom. The van der Waals surface area contributed by atoms with E-state index in [0.717, 1.165) is 5.56 Å². The van der Waals surface area contributed by atoms with Gasteiger partial charge in [-0.15, -0.1) is 0 Å². The molecule has 0 spiro atoms. The Morgan fingerprint density at radius 3 is 2.11 bits per heavy atom. The van der Waals surface area contributed by atoms with E-state index in [1.807, 2.05) is 39.0 Å². The molecule has 0 saturated carbocycles. The normalized spacial score (nSPS) is 13.8. The van der Waals surface area contributed by atoms with E-state index in [0.29, 0.717) is 60.2 Å². The summed E-state index contributed by atoms with van der Waals surface area (Å²) in [7, 11) is -3.95. The van der Waals surface area contributed by atoms with Gasteiger partial charge in [0.05, 0.1) is 4.90 Å². The number of ether oxygens (including phenoxy) is 1. The summed E-state index contributed by atoms with van der Waals surface area (Å²) < 4.78 is 33.8. The van der Waals surface area contributed by atoms with Crippen molar-refractivity contribution in [3.05, 3.63) is 106 Å². The number of benzene rings is 4. The van der Waals surface area contributed by atoms with E-state index < -0.39 is 15.6 Å². The summed E-state index contributed by atoms with van der Waals surface area (Å²) in [4.78, 5) is 42.0. The van der Waals surface area contributed by atoms with Crippen LogP contribution in [0.1, 0.15) is 53.5 Å². The molecule has 12 heteroatoms. The molecule has 0 radical (unpaired) electrons. The Hall–Kier alpha value is -4.12. The van der Waals surface area contributed by atoms with Gasteiger partial charge < -0.3 is 14.5 Å². The average molecular weight is 697 g/mol. The third-order valence-electron chi connectivity index (χ3n) is 7.64. The summed E-state index contributed by atoms with van der Waals surface area (Å²) >= 11 is 12.0. The Morgan fingerprint density at radius 1 is 0.830 bits per heavy atom. The van der Waals surface area contributed by atoms with E-state index in [2.05, 4.69) is 4.72 Å². The molecule has 0 aromatic heterocycles. The molecule has 1 saturated heterocycles. The van der Waals surface area contributed by atoms with E-state index in [1.54, 1.807) is 52.3 Å². The van der Waals surface area contributed by atoms with Gasteiger partial charge in [-0.1, -0.05) is 59.6 Å². The standard InChI is InChI=1S/C35H35Cl2N3O6S/c1-35(2,3)46-34(43)40-17-15-39(16-18-40)33(42)24-10-7-23(8-11-24)9-14-32(41)31-6-4-5-25-19-28(12-13-30(25)31)38-47(44,45)29-21-26(36)20-27(37)22-29/h4-8,10-13,19-22,38H,9,14-18H2,1-3H3. The second-order valence-corrected chi connectivity index (χ2v) is 14.9. The van der Waals surface area contributed by atoms with Crippen LogP contribution >= 0.6 is 23.2 Å². The SMILES string of the molecule is CC(C)(C)OC(=O)N1CCN(C(=O)c2ccc(CCC(=O)c3cccc4cc(NS(=O)(=O)c5cc(Cl)cc(Cl)c5)ccc34)cc2)CC1. The molecule has 0 unspecified atom stereocenters. The van der Waals surface area contributed by atoms with Gasteiger partial charge in [0, 0.05) is 59.5 Å². The summed E-state index contributed by atoms with van der Waals surface area (Å²) in [5.41, 5.74) is 1.76. The van der Waals surface area contributed by atoms with Gasteiger partial charge in [-0.3, -0.25) is 14.3 Å². The summed E-state index contributed by atoms with van der Waals surface area (Å²) in [6.07, 6.45) is 0.363. The number of amides is 2. The van der Waals surface area contributed by atoms with Crippen molar-refractivity contribution in [2.75, 3.05) is 30.9 Å². The Kier molecular flexibility index (Phi) is 10.1. The third kappa shape index (κ3) is 8.62. The maximum Gasteiger partial charge on any atom is 0.410 e. The Balaban J connectivity index is 1.18. The highest BCUT2D eigenvalue weighted by molar-refractivity contribution is 7.92. The fraction of sp³-hybridized carbons (Fsp3) is 0.286. The number of hydrogen-bond donors (Lipinski definition) is 1. The molecule has 1 N–H and O–H groups in total. The lowest BCUT2D eigenvalue weighted by molar-refractivity contribution is 0.0141. The van der Waals surface area contributed by atoms with Gasteiger partial charge in [-0.2, -0.15) is 0 Å². The van der Waals surface area contributed by atoms with Gasteiger partial charge >= 0.3 is 6.09 Å². The number of halogens is 2. The first-order valence-corrected chi connectivity index (χ1v) is 17.3. The number of nitrogens with one attached hydrogen (secondary N) is 1. The highest BCUT2D eigenvalue weighted by atomic mass is 35.5. The lowest BCUT2D eigenvalue weighted by Crippen LogP contribution is -2.51. The maximum atomic E-state index is 13.3. The highest BCUT2D eigenvalue weighted by Gasteiger charge is 2.28. The van der Waals surface area contributed by atoms with Crippen LogP contribution in [-0.2, 0) is 21.2 Å². The summed E-state index contributed by atoms with van der Waals surface area (Å²) in [6.45, 7) is 7.12. The molecule has 0 aliphatic carbocycles. The van der Waals surface area contributed by atoms with Crippen LogP contribution in [0, 0.1) is 0 Å². The van der Waals surface area contributed by atoms with Crippen LogP contribution in [-0.4, -0.2) is 67.8 Å². The number of carbonyl (C=O) groups excluding carboxylic acids is 3. The lowest BCUT2D eigenvalue weighted by atomic mass is 9.97. The van der Waals surface area contributed by atoms with Crippen molar-refractivity contribution < 1.29 is 27.5 Å². The predicted octanol–water partition coefficient (Wildman–Crippen LogP) is 7.46. The van der Waals surface area contributed by atoms with Gasteiger partial charge in [0.2, 0.25) is 0 Å². The zero-order valence-electron chi connectivity index (χ0n) is 26.3. The molecule has 4 aromatic carbocycles. The van der Waals surface area contributed by atoms with Crippen molar-refractivity contribution in [1.29, 1.82) is 0 Å². The van der Waals surface area contributed by atoms with Crippen molar-refractivity contribution in [2.24, 2.45) is 0 Å². The molecular formula is C35H35Cl2N3O6S. The van der Waals surface area contributed by atoms with E-state index in [9.17, 15) is 22.8 Å². The van der Waals surface area contributed by atoms with E-state index >= 15 is 0 Å². The topological polar surface area (TPSA) is 113 Å². The number of Topliss-reactive ketones (excluding diaryl/α,β-unsaturated/α-hetero) is 1. The number of hydrogen-bond acceptors (Lipinski definition) is 6. The van der Waals surface area contributed by atoms with Crippen LogP contribution in [0.5, 0.6) is 0 Å². The molecule has 2 amide bonds. The number of carbonyl (C=O) groups is 3. The number of piperazine rings is 1. The molecular weight excluding hydrogens is 661 g/mol. The monoisotopic (exact) mass is 695 g/mol. The molecule has 246 valence electrons. The van der Waals surface area contributed by atoms with Gasteiger partial charge in [0.1, 0.15) is 5.60 Å². The molecule has 4 aromatic rings. The highest BCUT2D eigenvalue weighted by Crippen LogP contribution is 2.28. The van der Waals surface area contributed by atoms with Crippen LogP contribution in [0.2, 0.25) is 10.0 Å². The van der Waals surface area contributed by atoms with E-state index in [4.69, 9.17) is 27.9 Å². The van der Waals surface area contributed by atoms with Crippen molar-refractivity contribution >= 4 is 67.5 Å². The second kappa shape index (κ2) is 13.9. The van der Waals surface area contributed by atoms with Crippen LogP contribution in [0.15, 0.2) is 83.8 Å². The Labute approximate surface area is 284 Å². The number of rotatable bonds is 8. The number of anilines is 1. The van der Waals surface area contributed by atoms with Gasteiger partial charge in [-0.25, -0.2) is 13.2 Å². The van der Waals surface area contributed by atoms with Gasteiger partial charge in [0.15, 0.2) is 5.78 Å². The van der Waals surface area contributed by atoms with Gasteiger partial charge in [0.25, 0.3) is 15.9 Å². The number of nitrogens with zero attached hydrogens (tertiary/aromatic N) is 2. The summed E-state index contributed by atoms with van der Waals surface area (Å²) in [5.74, 6) is -0.161. The number of aryl methyl sites for hydroxylation is 1. The van der Waals surface area contributed by atoms with Crippen molar-refractivity contribution in [3.63, 3.8) is 0 Å². The van der Waals surface area contributed by atoms with Crippen LogP contribution < -0.4 is 4.72 Å². The first kappa shape index (κ1) is 34.2. The minimum atomic E-state index is -3.95. The minimum Gasteiger partial charge on any atom is -0.444 e. The van der Waals surface area contributed by atoms with Crippen molar-refractivity contribution in [3.8, 4) is 0 Å². The maximum absolute atomic E-state index is 13.3. The summed E-state index contributed by atoms with van der Waals surface area (Å²) in [6, 6.07) is 21.6. The summed E-state index contributed by atoms with van der Waals surface area (Å²) in [5, 5.41) is 1.82. The largest absolute Gasteiger partial charge is 0.444 e. The number of sulfonamides is 1. The fourth-order valence-electron chi connectivity index (χ4n) is 5.30. The minimum absolute atomic E-state index is 0.0551. The molecule has 1 fully saturated rings. The van der Waals surface area contributed by atoms with Crippen molar-refractivity contribution in [1.82, 2.24) is 9.80 Å². The van der Waals surface area contributed by atoms with Crippen LogP contribution in [0.4, 0.5) is 10.5 Å². The zero-order valence-corrected chi connectivity index (χ0v) is 28.6. The zero-order chi connectivity index (χ0) is 33.9. The molecule has 9 nitrogen and oxygen atoms in total. The average Bonchev–Trinajstić information content (AvgIpc) is 3.02. The van der Waals surface area contributed by atoms with Crippen molar-refractivity contribution in [2.45, 2.75) is 44.1 Å². The van der Waals surface area contributed by atoms with Crippen LogP contribution in [0.25, 0.3) is 10.8 Å². The van der Waals surface area contributed by atoms with Crippen LogP contribution in [0.3, 0.4) is 0 Å². The molecule has 1 aliphatic heterocycles. The number of fused-ring (bicyclic) bond motifs is 1. The Bertz CT molecular complexity index is 1910. The first-order chi connectivity index (χ1) is 22.2. The quantitative estimate of drug-likeness (QED) is 0.192. The van der Waals surface area contributed by atoms with E-state index in [-0.39, 0.29) is 39.1 Å². The predicted molar refractivity (Wildman–Crippen MR) is 184 cm³/mol. The molecule has 1 heterocycles. The smallest absolute Gasteiger partial charge is 0.410 e. The third-order valence-corrected chi connectivity index (χ3v) is 9.44. The molecule has 0 atom stereocenters.